The summed E-state index contributed by atoms with van der Waals surface area (Å²) >= 11 is 0. The number of nitrogens with zero attached hydrogens (tertiary/aromatic N) is 3. The fourth-order valence-corrected chi connectivity index (χ4v) is 10.1. The average molecular weight is 826 g/mol. The van der Waals surface area contributed by atoms with Gasteiger partial charge in [-0.2, -0.15) is 0 Å². The number of hydrogen-bond acceptors (Lipinski definition) is 2. The molecule has 0 aliphatic rings. The van der Waals surface area contributed by atoms with Gasteiger partial charge in [0.05, 0.1) is 22.4 Å². The standard InChI is InChI=1S/C62H39N3/c1-3-16-41(17-4-1)57-39-58(64-62(63-57)42-18-5-2-6-19-42)47-22-13-21-43(35-47)45-30-34-55-56(37-45)51-24-10-9-23-50(51)54-27-14-26-49(61(54)55)46-31-33-53-52-25-11-12-28-59(52)65(60(53)38-46)48-32-29-40-15-7-8-20-44(40)36-48/h1-39H. The summed E-state index contributed by atoms with van der Waals surface area (Å²) in [5.41, 5.74) is 13.1. The topological polar surface area (TPSA) is 30.7 Å². The van der Waals surface area contributed by atoms with E-state index >= 15 is 0 Å². The van der Waals surface area contributed by atoms with E-state index in [0.29, 0.717) is 5.82 Å². The van der Waals surface area contributed by atoms with Gasteiger partial charge in [-0.05, 0) is 108 Å². The lowest BCUT2D eigenvalue weighted by Crippen LogP contribution is -1.96. The van der Waals surface area contributed by atoms with Crippen LogP contribution in [0.4, 0.5) is 0 Å². The van der Waals surface area contributed by atoms with Crippen LogP contribution in [-0.2, 0) is 0 Å². The van der Waals surface area contributed by atoms with Gasteiger partial charge in [0.15, 0.2) is 5.82 Å². The maximum absolute atomic E-state index is 5.15. The van der Waals surface area contributed by atoms with Gasteiger partial charge in [-0.1, -0.05) is 194 Å². The van der Waals surface area contributed by atoms with Gasteiger partial charge < -0.3 is 4.57 Å². The van der Waals surface area contributed by atoms with Crippen molar-refractivity contribution in [3.05, 3.63) is 237 Å². The Kier molecular flexibility index (Phi) is 8.53. The molecule has 0 spiro atoms. The molecule has 3 nitrogen and oxygen atoms in total. The molecule has 0 bridgehead atoms. The fraction of sp³-hybridized carbons (Fsp3) is 0. The third kappa shape index (κ3) is 6.20. The van der Waals surface area contributed by atoms with Gasteiger partial charge in [0.2, 0.25) is 0 Å². The fourth-order valence-electron chi connectivity index (χ4n) is 10.1. The molecule has 11 aromatic carbocycles. The Morgan fingerprint density at radius 2 is 0.846 bits per heavy atom. The number of fused-ring (bicyclic) bond motifs is 10. The van der Waals surface area contributed by atoms with E-state index < -0.39 is 0 Å². The van der Waals surface area contributed by atoms with Gasteiger partial charge in [0.25, 0.3) is 0 Å². The Labute approximate surface area is 376 Å². The minimum Gasteiger partial charge on any atom is -0.309 e. The van der Waals surface area contributed by atoms with Crippen LogP contribution in [0, 0.1) is 0 Å². The van der Waals surface area contributed by atoms with Crippen molar-refractivity contribution in [3.63, 3.8) is 0 Å². The van der Waals surface area contributed by atoms with Crippen LogP contribution in [0.2, 0.25) is 0 Å². The number of rotatable bonds is 6. The van der Waals surface area contributed by atoms with E-state index in [1.54, 1.807) is 0 Å². The molecule has 0 saturated carbocycles. The van der Waals surface area contributed by atoms with Gasteiger partial charge >= 0.3 is 0 Å². The van der Waals surface area contributed by atoms with Crippen molar-refractivity contribution in [2.24, 2.45) is 0 Å². The summed E-state index contributed by atoms with van der Waals surface area (Å²) in [4.78, 5) is 10.2. The zero-order valence-electron chi connectivity index (χ0n) is 35.4. The second-order valence-electron chi connectivity index (χ2n) is 16.9. The summed E-state index contributed by atoms with van der Waals surface area (Å²) in [7, 11) is 0. The van der Waals surface area contributed by atoms with E-state index in [9.17, 15) is 0 Å². The zero-order valence-corrected chi connectivity index (χ0v) is 35.4. The molecule has 0 N–H and O–H groups in total. The Bertz CT molecular complexity index is 3940. The van der Waals surface area contributed by atoms with E-state index in [1.807, 2.05) is 24.3 Å². The van der Waals surface area contributed by atoms with Crippen molar-refractivity contribution in [2.75, 3.05) is 0 Å². The van der Waals surface area contributed by atoms with Gasteiger partial charge in [-0.25, -0.2) is 9.97 Å². The van der Waals surface area contributed by atoms with Crippen LogP contribution in [0.3, 0.4) is 0 Å². The first-order chi connectivity index (χ1) is 32.2. The van der Waals surface area contributed by atoms with E-state index in [-0.39, 0.29) is 0 Å². The molecule has 13 aromatic rings. The van der Waals surface area contributed by atoms with Crippen LogP contribution >= 0.6 is 0 Å². The molecule has 0 aliphatic heterocycles. The summed E-state index contributed by atoms with van der Waals surface area (Å²) in [6.45, 7) is 0. The van der Waals surface area contributed by atoms with Gasteiger partial charge in [-0.15, -0.1) is 0 Å². The molecule has 0 aliphatic carbocycles. The monoisotopic (exact) mass is 825 g/mol. The SMILES string of the molecule is c1ccc(-c2cc(-c3cccc(-c4ccc5c(c4)c4ccccc4c4cccc(-c6ccc7c8ccccc8n(-c8ccc9ccccc9c8)c7c6)c45)c3)nc(-c3ccccc3)n2)cc1. The van der Waals surface area contributed by atoms with E-state index in [4.69, 9.17) is 9.97 Å². The average Bonchev–Trinajstić information content (AvgIpc) is 3.72. The quantitative estimate of drug-likeness (QED) is 0.156. The Morgan fingerprint density at radius 1 is 0.277 bits per heavy atom. The van der Waals surface area contributed by atoms with Crippen molar-refractivity contribution in [1.82, 2.24) is 14.5 Å². The molecule has 0 atom stereocenters. The molecule has 3 heteroatoms. The normalized spacial score (nSPS) is 11.7. The second-order valence-corrected chi connectivity index (χ2v) is 16.9. The Morgan fingerprint density at radius 3 is 1.68 bits per heavy atom. The van der Waals surface area contributed by atoms with Crippen LogP contribution in [0.5, 0.6) is 0 Å². The maximum Gasteiger partial charge on any atom is 0.160 e. The molecule has 2 heterocycles. The zero-order chi connectivity index (χ0) is 42.8. The number of para-hydroxylation sites is 1. The van der Waals surface area contributed by atoms with E-state index in [1.165, 1.54) is 76.0 Å². The van der Waals surface area contributed by atoms with Crippen LogP contribution < -0.4 is 0 Å². The summed E-state index contributed by atoms with van der Waals surface area (Å²) < 4.78 is 2.44. The van der Waals surface area contributed by atoms with E-state index in [0.717, 1.165) is 44.9 Å². The first-order valence-electron chi connectivity index (χ1n) is 22.2. The minimum absolute atomic E-state index is 0.710. The third-order valence-electron chi connectivity index (χ3n) is 13.2. The molecule has 65 heavy (non-hydrogen) atoms. The van der Waals surface area contributed by atoms with Crippen molar-refractivity contribution >= 4 is 64.9 Å². The molecule has 0 amide bonds. The molecule has 13 rings (SSSR count). The summed E-state index contributed by atoms with van der Waals surface area (Å²) in [6.07, 6.45) is 0. The molecule has 302 valence electrons. The largest absolute Gasteiger partial charge is 0.309 e. The lowest BCUT2D eigenvalue weighted by atomic mass is 9.88. The summed E-state index contributed by atoms with van der Waals surface area (Å²) in [5, 5.41) is 12.4. The molecule has 0 fully saturated rings. The molecule has 0 unspecified atom stereocenters. The number of benzene rings is 11. The first-order valence-corrected chi connectivity index (χ1v) is 22.2. The number of hydrogen-bond donors (Lipinski definition) is 0. The first kappa shape index (κ1) is 36.9. The molecule has 0 saturated heterocycles. The lowest BCUT2D eigenvalue weighted by Gasteiger charge is -2.16. The smallest absolute Gasteiger partial charge is 0.160 e. The van der Waals surface area contributed by atoms with Crippen molar-refractivity contribution < 1.29 is 0 Å². The van der Waals surface area contributed by atoms with Crippen LogP contribution in [0.1, 0.15) is 0 Å². The van der Waals surface area contributed by atoms with Crippen molar-refractivity contribution in [2.45, 2.75) is 0 Å². The highest BCUT2D eigenvalue weighted by Crippen LogP contribution is 2.43. The minimum atomic E-state index is 0.710. The van der Waals surface area contributed by atoms with Crippen LogP contribution in [-0.4, -0.2) is 14.5 Å². The lowest BCUT2D eigenvalue weighted by molar-refractivity contribution is 1.18. The van der Waals surface area contributed by atoms with E-state index in [2.05, 4.69) is 217 Å². The van der Waals surface area contributed by atoms with Crippen LogP contribution in [0.15, 0.2) is 237 Å². The Hall–Kier alpha value is -8.66. The predicted molar refractivity (Wildman–Crippen MR) is 274 cm³/mol. The third-order valence-corrected chi connectivity index (χ3v) is 13.2. The number of aromatic nitrogens is 3. The molecular weight excluding hydrogens is 787 g/mol. The van der Waals surface area contributed by atoms with Crippen molar-refractivity contribution in [3.8, 4) is 61.8 Å². The highest BCUT2D eigenvalue weighted by molar-refractivity contribution is 6.29. The van der Waals surface area contributed by atoms with Gasteiger partial charge in [0.1, 0.15) is 0 Å². The van der Waals surface area contributed by atoms with Gasteiger partial charge in [-0.3, -0.25) is 0 Å². The predicted octanol–water partition coefficient (Wildman–Crippen LogP) is 16.5. The highest BCUT2D eigenvalue weighted by atomic mass is 15.0. The Balaban J connectivity index is 0.981. The summed E-state index contributed by atoms with van der Waals surface area (Å²) in [5.74, 6) is 0.710. The van der Waals surface area contributed by atoms with Crippen LogP contribution in [0.25, 0.3) is 127 Å². The second kappa shape index (κ2) is 15.0. The maximum atomic E-state index is 5.15. The highest BCUT2D eigenvalue weighted by Gasteiger charge is 2.18. The summed E-state index contributed by atoms with van der Waals surface area (Å²) in [6, 6.07) is 85.4. The molecular formula is C62H39N3. The van der Waals surface area contributed by atoms with Crippen molar-refractivity contribution in [1.29, 1.82) is 0 Å². The van der Waals surface area contributed by atoms with Gasteiger partial charge in [0, 0.05) is 33.2 Å². The molecule has 0 radical (unpaired) electrons. The molecule has 2 aromatic heterocycles.